The Morgan fingerprint density at radius 1 is 1.04 bits per heavy atom. The molecule has 0 bridgehead atoms. The molecular weight excluding hydrogens is 329 g/mol. The van der Waals surface area contributed by atoms with Gasteiger partial charge in [0.15, 0.2) is 0 Å². The van der Waals surface area contributed by atoms with Crippen LogP contribution in [-0.2, 0) is 4.79 Å². The van der Waals surface area contributed by atoms with Crippen LogP contribution in [0, 0.1) is 5.82 Å². The summed E-state index contributed by atoms with van der Waals surface area (Å²) in [5, 5.41) is 0. The summed E-state index contributed by atoms with van der Waals surface area (Å²) in [5.41, 5.74) is 2.18. The molecule has 0 aromatic heterocycles. The molecular formula is C21H26FN3O. The summed E-state index contributed by atoms with van der Waals surface area (Å²) >= 11 is 0. The smallest absolute Gasteiger partial charge is 0.236 e. The van der Waals surface area contributed by atoms with E-state index in [0.717, 1.165) is 37.4 Å². The molecule has 1 amide bonds. The SMILES string of the molecule is C[C@@H](c1ccccc1)N(C)C(=O)CN1CCN(c2ccc(F)cc2)CC1. The minimum atomic E-state index is -0.214. The number of hydrogen-bond donors (Lipinski definition) is 0. The first kappa shape index (κ1) is 18.4. The van der Waals surface area contributed by atoms with E-state index in [2.05, 4.69) is 28.9 Å². The van der Waals surface area contributed by atoms with E-state index < -0.39 is 0 Å². The van der Waals surface area contributed by atoms with E-state index in [1.807, 2.05) is 42.3 Å². The average molecular weight is 355 g/mol. The number of hydrogen-bond acceptors (Lipinski definition) is 3. The molecule has 138 valence electrons. The van der Waals surface area contributed by atoms with Crippen molar-refractivity contribution in [1.82, 2.24) is 9.80 Å². The van der Waals surface area contributed by atoms with E-state index in [9.17, 15) is 9.18 Å². The highest BCUT2D eigenvalue weighted by molar-refractivity contribution is 5.78. The van der Waals surface area contributed by atoms with Gasteiger partial charge in [-0.15, -0.1) is 0 Å². The topological polar surface area (TPSA) is 26.8 Å². The summed E-state index contributed by atoms with van der Waals surface area (Å²) in [6.07, 6.45) is 0. The van der Waals surface area contributed by atoms with Gasteiger partial charge in [0.2, 0.25) is 5.91 Å². The zero-order valence-electron chi connectivity index (χ0n) is 15.4. The summed E-state index contributed by atoms with van der Waals surface area (Å²) in [4.78, 5) is 18.9. The standard InChI is InChI=1S/C21H26FN3O/c1-17(18-6-4-3-5-7-18)23(2)21(26)16-24-12-14-25(15-13-24)20-10-8-19(22)9-11-20/h3-11,17H,12-16H2,1-2H3/t17-/m0/s1. The summed E-state index contributed by atoms with van der Waals surface area (Å²) in [7, 11) is 1.87. The predicted molar refractivity (Wildman–Crippen MR) is 103 cm³/mol. The Balaban J connectivity index is 1.50. The number of carbonyl (C=O) groups excluding carboxylic acids is 1. The Bertz CT molecular complexity index is 712. The Kier molecular flexibility index (Phi) is 5.89. The molecule has 0 spiro atoms. The largest absolute Gasteiger partial charge is 0.369 e. The summed E-state index contributed by atoms with van der Waals surface area (Å²) in [6.45, 7) is 5.84. The van der Waals surface area contributed by atoms with Crippen LogP contribution in [0.3, 0.4) is 0 Å². The molecule has 4 nitrogen and oxygen atoms in total. The third-order valence-corrected chi connectivity index (χ3v) is 5.18. The minimum absolute atomic E-state index is 0.0594. The van der Waals surface area contributed by atoms with Crippen LogP contribution in [0.4, 0.5) is 10.1 Å². The maximum Gasteiger partial charge on any atom is 0.236 e. The van der Waals surface area contributed by atoms with Crippen LogP contribution in [-0.4, -0.2) is 55.5 Å². The monoisotopic (exact) mass is 355 g/mol. The van der Waals surface area contributed by atoms with Gasteiger partial charge in [-0.25, -0.2) is 4.39 Å². The number of amides is 1. The Morgan fingerprint density at radius 3 is 2.27 bits per heavy atom. The van der Waals surface area contributed by atoms with Gasteiger partial charge in [-0.3, -0.25) is 9.69 Å². The van der Waals surface area contributed by atoms with Gasteiger partial charge >= 0.3 is 0 Å². The van der Waals surface area contributed by atoms with E-state index >= 15 is 0 Å². The van der Waals surface area contributed by atoms with Gasteiger partial charge in [0.25, 0.3) is 0 Å². The molecule has 3 rings (SSSR count). The molecule has 1 aliphatic rings. The third kappa shape index (κ3) is 4.41. The molecule has 0 aliphatic carbocycles. The minimum Gasteiger partial charge on any atom is -0.369 e. The fourth-order valence-corrected chi connectivity index (χ4v) is 3.29. The predicted octanol–water partition coefficient (Wildman–Crippen LogP) is 3.17. The van der Waals surface area contributed by atoms with Crippen molar-refractivity contribution in [2.45, 2.75) is 13.0 Å². The molecule has 0 radical (unpaired) electrons. The number of benzene rings is 2. The lowest BCUT2D eigenvalue weighted by Crippen LogP contribution is -2.50. The number of halogens is 1. The van der Waals surface area contributed by atoms with E-state index in [1.54, 1.807) is 0 Å². The van der Waals surface area contributed by atoms with Crippen molar-refractivity contribution in [2.24, 2.45) is 0 Å². The zero-order chi connectivity index (χ0) is 18.5. The second kappa shape index (κ2) is 8.32. The molecule has 1 fully saturated rings. The molecule has 0 N–H and O–H groups in total. The molecule has 0 saturated carbocycles. The van der Waals surface area contributed by atoms with Gasteiger partial charge in [-0.05, 0) is 36.8 Å². The molecule has 1 aliphatic heterocycles. The Labute approximate surface area is 154 Å². The first-order valence-corrected chi connectivity index (χ1v) is 9.08. The number of anilines is 1. The van der Waals surface area contributed by atoms with Crippen LogP contribution in [0.5, 0.6) is 0 Å². The van der Waals surface area contributed by atoms with Gasteiger partial charge in [0.05, 0.1) is 12.6 Å². The molecule has 2 aromatic carbocycles. The van der Waals surface area contributed by atoms with E-state index in [4.69, 9.17) is 0 Å². The van der Waals surface area contributed by atoms with E-state index in [1.165, 1.54) is 12.1 Å². The molecule has 26 heavy (non-hydrogen) atoms. The quantitative estimate of drug-likeness (QED) is 0.824. The molecule has 1 atom stereocenters. The van der Waals surface area contributed by atoms with Gasteiger partial charge in [-0.2, -0.15) is 0 Å². The van der Waals surface area contributed by atoms with E-state index in [-0.39, 0.29) is 17.8 Å². The number of piperazine rings is 1. The highest BCUT2D eigenvalue weighted by Gasteiger charge is 2.23. The van der Waals surface area contributed by atoms with Gasteiger partial charge in [-0.1, -0.05) is 30.3 Å². The van der Waals surface area contributed by atoms with Gasteiger partial charge < -0.3 is 9.80 Å². The second-order valence-electron chi connectivity index (χ2n) is 6.83. The Morgan fingerprint density at radius 2 is 1.65 bits per heavy atom. The van der Waals surface area contributed by atoms with Crippen molar-refractivity contribution in [3.05, 3.63) is 66.0 Å². The van der Waals surface area contributed by atoms with Crippen molar-refractivity contribution in [1.29, 1.82) is 0 Å². The zero-order valence-corrected chi connectivity index (χ0v) is 15.4. The normalized spacial score (nSPS) is 16.3. The van der Waals surface area contributed by atoms with Crippen LogP contribution < -0.4 is 4.90 Å². The van der Waals surface area contributed by atoms with Crippen molar-refractivity contribution < 1.29 is 9.18 Å². The molecule has 2 aromatic rings. The fraction of sp³-hybridized carbons (Fsp3) is 0.381. The van der Waals surface area contributed by atoms with Crippen molar-refractivity contribution in [3.63, 3.8) is 0 Å². The van der Waals surface area contributed by atoms with Crippen LogP contribution in [0.25, 0.3) is 0 Å². The maximum absolute atomic E-state index is 13.1. The number of likely N-dealkylation sites (N-methyl/N-ethyl adjacent to an activating group) is 1. The lowest BCUT2D eigenvalue weighted by atomic mass is 10.1. The lowest BCUT2D eigenvalue weighted by Gasteiger charge is -2.37. The number of rotatable bonds is 5. The second-order valence-corrected chi connectivity index (χ2v) is 6.83. The molecule has 5 heteroatoms. The summed E-state index contributed by atoms with van der Waals surface area (Å²) in [5.74, 6) is -0.0786. The number of carbonyl (C=O) groups is 1. The lowest BCUT2D eigenvalue weighted by molar-refractivity contribution is -0.133. The van der Waals surface area contributed by atoms with Gasteiger partial charge in [0, 0.05) is 38.9 Å². The molecule has 1 heterocycles. The van der Waals surface area contributed by atoms with Crippen LogP contribution >= 0.6 is 0 Å². The number of nitrogens with zero attached hydrogens (tertiary/aromatic N) is 3. The summed E-state index contributed by atoms with van der Waals surface area (Å²) < 4.78 is 13.1. The van der Waals surface area contributed by atoms with Crippen molar-refractivity contribution >= 4 is 11.6 Å². The fourth-order valence-electron chi connectivity index (χ4n) is 3.29. The maximum atomic E-state index is 13.1. The molecule has 1 saturated heterocycles. The van der Waals surface area contributed by atoms with Crippen LogP contribution in [0.15, 0.2) is 54.6 Å². The highest BCUT2D eigenvalue weighted by atomic mass is 19.1. The summed E-state index contributed by atoms with van der Waals surface area (Å²) in [6, 6.07) is 16.7. The first-order valence-electron chi connectivity index (χ1n) is 9.08. The van der Waals surface area contributed by atoms with Gasteiger partial charge in [0.1, 0.15) is 5.82 Å². The molecule has 0 unspecified atom stereocenters. The third-order valence-electron chi connectivity index (χ3n) is 5.18. The highest BCUT2D eigenvalue weighted by Crippen LogP contribution is 2.19. The van der Waals surface area contributed by atoms with Crippen LogP contribution in [0.1, 0.15) is 18.5 Å². The van der Waals surface area contributed by atoms with Crippen molar-refractivity contribution in [2.75, 3.05) is 44.7 Å². The average Bonchev–Trinajstić information content (AvgIpc) is 2.69. The van der Waals surface area contributed by atoms with Crippen LogP contribution in [0.2, 0.25) is 0 Å². The van der Waals surface area contributed by atoms with E-state index in [0.29, 0.717) is 6.54 Å². The Hall–Kier alpha value is -2.40. The van der Waals surface area contributed by atoms with Crippen molar-refractivity contribution in [3.8, 4) is 0 Å². The first-order chi connectivity index (χ1) is 12.5.